The quantitative estimate of drug-likeness (QED) is 0.751. The van der Waals surface area contributed by atoms with Crippen molar-refractivity contribution < 1.29 is 13.7 Å². The van der Waals surface area contributed by atoms with Crippen molar-refractivity contribution in [1.29, 1.82) is 0 Å². The van der Waals surface area contributed by atoms with E-state index in [-0.39, 0.29) is 18.3 Å². The highest BCUT2D eigenvalue weighted by molar-refractivity contribution is 6.62. The molecule has 2 rings (SSSR count). The van der Waals surface area contributed by atoms with Crippen molar-refractivity contribution in [3.63, 3.8) is 0 Å². The number of hydrogen-bond acceptors (Lipinski definition) is 2. The molecule has 0 radical (unpaired) electrons. The first-order chi connectivity index (χ1) is 8.23. The molecule has 0 saturated carbocycles. The summed E-state index contributed by atoms with van der Waals surface area (Å²) < 4.78 is 25.0. The molecule has 2 nitrogen and oxygen atoms in total. The first-order valence-electron chi connectivity index (χ1n) is 6.32. The second-order valence-corrected chi connectivity index (χ2v) is 5.87. The van der Waals surface area contributed by atoms with E-state index in [0.29, 0.717) is 5.56 Å². The van der Waals surface area contributed by atoms with Gasteiger partial charge in [0.15, 0.2) is 0 Å². The van der Waals surface area contributed by atoms with Crippen LogP contribution in [0.15, 0.2) is 24.3 Å². The molecule has 0 aromatic heterocycles. The monoisotopic (exact) mass is 250 g/mol. The number of benzene rings is 1. The molecule has 18 heavy (non-hydrogen) atoms. The first kappa shape index (κ1) is 13.6. The second kappa shape index (κ2) is 4.35. The average Bonchev–Trinajstić information content (AvgIpc) is 2.48. The molecule has 0 amide bonds. The summed E-state index contributed by atoms with van der Waals surface area (Å²) in [6, 6.07) is 7.30. The predicted molar refractivity (Wildman–Crippen MR) is 71.7 cm³/mol. The maximum absolute atomic E-state index is 13.1. The second-order valence-electron chi connectivity index (χ2n) is 5.87. The SMILES string of the molecule is C[C@H](F)c1ccc(B2OC(C)(C)C(C)(C)O2)cc1. The molecule has 1 saturated heterocycles. The lowest BCUT2D eigenvalue weighted by molar-refractivity contribution is 0.00578. The average molecular weight is 250 g/mol. The molecule has 1 aliphatic heterocycles. The van der Waals surface area contributed by atoms with E-state index in [0.717, 1.165) is 5.46 Å². The van der Waals surface area contributed by atoms with E-state index in [4.69, 9.17) is 9.31 Å². The highest BCUT2D eigenvalue weighted by Gasteiger charge is 2.51. The Kier molecular flexibility index (Phi) is 3.28. The van der Waals surface area contributed by atoms with E-state index in [1.807, 2.05) is 39.8 Å². The molecule has 0 N–H and O–H groups in total. The van der Waals surface area contributed by atoms with Crippen LogP contribution in [-0.4, -0.2) is 18.3 Å². The van der Waals surface area contributed by atoms with Gasteiger partial charge < -0.3 is 9.31 Å². The van der Waals surface area contributed by atoms with Gasteiger partial charge in [-0.1, -0.05) is 24.3 Å². The van der Waals surface area contributed by atoms with Crippen LogP contribution in [-0.2, 0) is 9.31 Å². The van der Waals surface area contributed by atoms with Crippen LogP contribution < -0.4 is 5.46 Å². The minimum Gasteiger partial charge on any atom is -0.399 e. The minimum atomic E-state index is -0.947. The summed E-state index contributed by atoms with van der Waals surface area (Å²) in [7, 11) is -0.376. The third-order valence-electron chi connectivity index (χ3n) is 3.92. The Bertz CT molecular complexity index is 410. The fraction of sp³-hybridized carbons (Fsp3) is 0.571. The van der Waals surface area contributed by atoms with Crippen LogP contribution in [0.25, 0.3) is 0 Å². The Hall–Kier alpha value is -0.865. The van der Waals surface area contributed by atoms with Crippen molar-refractivity contribution in [2.75, 3.05) is 0 Å². The van der Waals surface area contributed by atoms with Crippen molar-refractivity contribution in [3.8, 4) is 0 Å². The van der Waals surface area contributed by atoms with Gasteiger partial charge in [0.05, 0.1) is 11.2 Å². The van der Waals surface area contributed by atoms with Gasteiger partial charge in [-0.05, 0) is 45.6 Å². The molecular formula is C14H20BFO2. The minimum absolute atomic E-state index is 0.344. The Balaban J connectivity index is 2.19. The molecule has 0 spiro atoms. The molecule has 1 heterocycles. The Morgan fingerprint density at radius 1 is 1.00 bits per heavy atom. The summed E-state index contributed by atoms with van der Waals surface area (Å²) in [6.45, 7) is 9.61. The van der Waals surface area contributed by atoms with Crippen molar-refractivity contribution in [1.82, 2.24) is 0 Å². The lowest BCUT2D eigenvalue weighted by Crippen LogP contribution is -2.41. The highest BCUT2D eigenvalue weighted by Crippen LogP contribution is 2.36. The van der Waals surface area contributed by atoms with Crippen LogP contribution in [0.4, 0.5) is 4.39 Å². The molecule has 1 aromatic rings. The molecule has 0 bridgehead atoms. The van der Waals surface area contributed by atoms with Gasteiger partial charge in [-0.2, -0.15) is 0 Å². The van der Waals surface area contributed by atoms with Gasteiger partial charge in [-0.15, -0.1) is 0 Å². The van der Waals surface area contributed by atoms with Crippen molar-refractivity contribution in [2.24, 2.45) is 0 Å². The molecule has 1 aliphatic rings. The van der Waals surface area contributed by atoms with E-state index >= 15 is 0 Å². The molecule has 0 unspecified atom stereocenters. The van der Waals surface area contributed by atoms with E-state index in [1.54, 1.807) is 12.1 Å². The van der Waals surface area contributed by atoms with Crippen LogP contribution in [0.5, 0.6) is 0 Å². The molecule has 1 fully saturated rings. The van der Waals surface area contributed by atoms with Crippen LogP contribution in [0.1, 0.15) is 46.4 Å². The van der Waals surface area contributed by atoms with Gasteiger partial charge in [-0.25, -0.2) is 4.39 Å². The van der Waals surface area contributed by atoms with Gasteiger partial charge >= 0.3 is 7.12 Å². The summed E-state index contributed by atoms with van der Waals surface area (Å²) >= 11 is 0. The summed E-state index contributed by atoms with van der Waals surface area (Å²) in [5, 5.41) is 0. The lowest BCUT2D eigenvalue weighted by atomic mass is 9.79. The maximum atomic E-state index is 13.1. The molecule has 1 atom stereocenters. The molecule has 1 aromatic carbocycles. The molecule has 4 heteroatoms. The third-order valence-corrected chi connectivity index (χ3v) is 3.92. The zero-order valence-electron chi connectivity index (χ0n) is 11.7. The van der Waals surface area contributed by atoms with E-state index in [1.165, 1.54) is 6.92 Å². The number of hydrogen-bond donors (Lipinski definition) is 0. The first-order valence-corrected chi connectivity index (χ1v) is 6.32. The number of alkyl halides is 1. The summed E-state index contributed by atoms with van der Waals surface area (Å²) in [5.74, 6) is 0. The van der Waals surface area contributed by atoms with Crippen LogP contribution >= 0.6 is 0 Å². The summed E-state index contributed by atoms with van der Waals surface area (Å²) in [6.07, 6.45) is -0.947. The van der Waals surface area contributed by atoms with E-state index in [2.05, 4.69) is 0 Å². The third kappa shape index (κ3) is 2.32. The molecular weight excluding hydrogens is 230 g/mol. The van der Waals surface area contributed by atoms with Crippen LogP contribution in [0.2, 0.25) is 0 Å². The van der Waals surface area contributed by atoms with Crippen LogP contribution in [0.3, 0.4) is 0 Å². The molecule has 0 aliphatic carbocycles. The lowest BCUT2D eigenvalue weighted by Gasteiger charge is -2.32. The summed E-state index contributed by atoms with van der Waals surface area (Å²) in [4.78, 5) is 0. The van der Waals surface area contributed by atoms with Crippen molar-refractivity contribution >= 4 is 12.6 Å². The standard InChI is InChI=1S/C14H20BFO2/c1-10(16)11-6-8-12(9-7-11)15-17-13(2,3)14(4,5)18-15/h6-10H,1-5H3/t10-/m0/s1. The zero-order chi connectivity index (χ0) is 13.6. The van der Waals surface area contributed by atoms with Gasteiger partial charge in [0.2, 0.25) is 0 Å². The van der Waals surface area contributed by atoms with Gasteiger partial charge in [-0.3, -0.25) is 0 Å². The van der Waals surface area contributed by atoms with Crippen molar-refractivity contribution in [3.05, 3.63) is 29.8 Å². The molecule has 98 valence electrons. The number of rotatable bonds is 2. The zero-order valence-corrected chi connectivity index (χ0v) is 11.7. The summed E-state index contributed by atoms with van der Waals surface area (Å²) in [5.41, 5.74) is 0.918. The predicted octanol–water partition coefficient (Wildman–Crippen LogP) is 3.02. The van der Waals surface area contributed by atoms with Gasteiger partial charge in [0.1, 0.15) is 6.17 Å². The Morgan fingerprint density at radius 2 is 1.44 bits per heavy atom. The van der Waals surface area contributed by atoms with Gasteiger partial charge in [0, 0.05) is 0 Å². The van der Waals surface area contributed by atoms with E-state index < -0.39 is 6.17 Å². The van der Waals surface area contributed by atoms with Crippen molar-refractivity contribution in [2.45, 2.75) is 52.0 Å². The Morgan fingerprint density at radius 3 is 1.83 bits per heavy atom. The van der Waals surface area contributed by atoms with E-state index in [9.17, 15) is 4.39 Å². The highest BCUT2D eigenvalue weighted by atomic mass is 19.1. The van der Waals surface area contributed by atoms with Crippen LogP contribution in [0, 0.1) is 0 Å². The number of halogens is 1. The van der Waals surface area contributed by atoms with Gasteiger partial charge in [0.25, 0.3) is 0 Å². The fourth-order valence-electron chi connectivity index (χ4n) is 1.90. The largest absolute Gasteiger partial charge is 0.494 e. The Labute approximate surface area is 109 Å². The smallest absolute Gasteiger partial charge is 0.399 e. The fourth-order valence-corrected chi connectivity index (χ4v) is 1.90. The maximum Gasteiger partial charge on any atom is 0.494 e. The normalized spacial score (nSPS) is 23.1. The topological polar surface area (TPSA) is 18.5 Å².